The van der Waals surface area contributed by atoms with Crippen molar-refractivity contribution in [2.75, 3.05) is 20.6 Å². The van der Waals surface area contributed by atoms with Gasteiger partial charge in [0.15, 0.2) is 0 Å². The van der Waals surface area contributed by atoms with Gasteiger partial charge >= 0.3 is 0 Å². The molecule has 0 aromatic rings. The second-order valence-corrected chi connectivity index (χ2v) is 2.08. The van der Waals surface area contributed by atoms with Crippen molar-refractivity contribution in [3.05, 3.63) is 0 Å². The smallest absolute Gasteiger partial charge is 0.138 e. The Morgan fingerprint density at radius 1 is 1.70 bits per heavy atom. The van der Waals surface area contributed by atoms with E-state index >= 15 is 0 Å². The van der Waals surface area contributed by atoms with E-state index in [2.05, 4.69) is 5.92 Å². The summed E-state index contributed by atoms with van der Waals surface area (Å²) in [6.45, 7) is 1.79. The van der Waals surface area contributed by atoms with Crippen LogP contribution >= 0.6 is 0 Å². The first-order valence-electron chi connectivity index (χ1n) is 2.90. The molecule has 0 radical (unpaired) electrons. The first-order valence-corrected chi connectivity index (χ1v) is 2.90. The topological polar surface area (TPSA) is 44.6 Å². The van der Waals surface area contributed by atoms with E-state index in [1.165, 1.54) is 4.90 Å². The Bertz CT molecular complexity index is 120. The van der Waals surface area contributed by atoms with Crippen LogP contribution in [0.1, 0.15) is 6.92 Å². The third kappa shape index (κ3) is 63.3. The molecule has 3 nitrogen and oxygen atoms in total. The number of quaternary nitrogens is 1. The fourth-order valence-electron chi connectivity index (χ4n) is 0.204. The molecule has 0 amide bonds. The van der Waals surface area contributed by atoms with E-state index < -0.39 is 5.97 Å². The van der Waals surface area contributed by atoms with Gasteiger partial charge in [-0.05, 0) is 12.8 Å². The molecule has 0 bridgehead atoms. The van der Waals surface area contributed by atoms with Crippen LogP contribution in [-0.4, -0.2) is 26.6 Å². The Morgan fingerprint density at radius 2 is 2.00 bits per heavy atom. The van der Waals surface area contributed by atoms with Crippen LogP contribution in [0, 0.1) is 12.3 Å². The Hall–Kier alpha value is -1.01. The molecule has 0 saturated carbocycles. The van der Waals surface area contributed by atoms with Crippen molar-refractivity contribution in [2.45, 2.75) is 6.92 Å². The average Bonchev–Trinajstić information content (AvgIpc) is 1.62. The predicted molar refractivity (Wildman–Crippen MR) is 37.2 cm³/mol. The van der Waals surface area contributed by atoms with E-state index in [0.717, 1.165) is 13.5 Å². The zero-order valence-electron chi connectivity index (χ0n) is 6.60. The lowest BCUT2D eigenvalue weighted by Gasteiger charge is -1.97. The van der Waals surface area contributed by atoms with Gasteiger partial charge in [0.05, 0.1) is 14.1 Å². The van der Waals surface area contributed by atoms with Gasteiger partial charge < -0.3 is 14.8 Å². The zero-order chi connectivity index (χ0) is 8.57. The molecular formula is C7H13NO2. The molecule has 0 fully saturated rings. The van der Waals surface area contributed by atoms with Gasteiger partial charge in [0, 0.05) is 5.97 Å². The van der Waals surface area contributed by atoms with Crippen molar-refractivity contribution in [1.29, 1.82) is 0 Å². The summed E-state index contributed by atoms with van der Waals surface area (Å²) < 4.78 is 0. The molecule has 0 aromatic carbocycles. The van der Waals surface area contributed by atoms with E-state index in [9.17, 15) is 0 Å². The number of aliphatic carboxylic acids is 1. The lowest BCUT2D eigenvalue weighted by atomic mass is 10.6. The van der Waals surface area contributed by atoms with Crippen LogP contribution in [0.25, 0.3) is 0 Å². The molecule has 0 aliphatic heterocycles. The van der Waals surface area contributed by atoms with Gasteiger partial charge in [0.2, 0.25) is 0 Å². The number of hydrogen-bond donors (Lipinski definition) is 1. The van der Waals surface area contributed by atoms with Gasteiger partial charge in [-0.2, -0.15) is 0 Å². The molecule has 0 atom stereocenters. The summed E-state index contributed by atoms with van der Waals surface area (Å²) in [5, 5.41) is 8.89. The fraction of sp³-hybridized carbons (Fsp3) is 0.571. The van der Waals surface area contributed by atoms with Crippen LogP contribution in [-0.2, 0) is 4.79 Å². The second-order valence-electron chi connectivity index (χ2n) is 2.08. The fourth-order valence-corrected chi connectivity index (χ4v) is 0.204. The molecule has 0 saturated heterocycles. The average molecular weight is 143 g/mol. The second kappa shape index (κ2) is 7.99. The van der Waals surface area contributed by atoms with Crippen LogP contribution in [0.5, 0.6) is 0 Å². The van der Waals surface area contributed by atoms with Gasteiger partial charge in [-0.25, -0.2) is 0 Å². The Balaban J connectivity index is 0. The van der Waals surface area contributed by atoms with Gasteiger partial charge in [0.25, 0.3) is 0 Å². The van der Waals surface area contributed by atoms with E-state index in [4.69, 9.17) is 16.3 Å². The maximum Gasteiger partial charge on any atom is 0.138 e. The molecule has 58 valence electrons. The minimum atomic E-state index is -1.08. The summed E-state index contributed by atoms with van der Waals surface area (Å²) in [5.41, 5.74) is 0. The molecule has 0 unspecified atom stereocenters. The molecule has 0 heterocycles. The van der Waals surface area contributed by atoms with Crippen molar-refractivity contribution in [3.63, 3.8) is 0 Å². The standard InChI is InChI=1S/C5H9N.C2H4O2/c1-4-5-6(2)3;1-2(3)4/h1H,5H2,2-3H3;1H3,(H,3,4). The highest BCUT2D eigenvalue weighted by Crippen LogP contribution is 1.31. The molecule has 0 aliphatic rings. The molecule has 0 rings (SSSR count). The first kappa shape index (κ1) is 11.7. The maximum atomic E-state index is 8.89. The summed E-state index contributed by atoms with van der Waals surface area (Å²) in [7, 11) is 4.06. The largest absolute Gasteiger partial charge is 0.550 e. The molecule has 3 heteroatoms. The van der Waals surface area contributed by atoms with Crippen LogP contribution in [0.15, 0.2) is 0 Å². The lowest BCUT2D eigenvalue weighted by molar-refractivity contribution is -0.850. The Labute approximate surface area is 61.6 Å². The molecule has 10 heavy (non-hydrogen) atoms. The van der Waals surface area contributed by atoms with Gasteiger partial charge in [-0.15, -0.1) is 6.42 Å². The van der Waals surface area contributed by atoms with E-state index in [1.807, 2.05) is 14.1 Å². The van der Waals surface area contributed by atoms with Gasteiger partial charge in [-0.1, -0.05) is 0 Å². The van der Waals surface area contributed by atoms with Crippen LogP contribution in [0.3, 0.4) is 0 Å². The summed E-state index contributed by atoms with van der Waals surface area (Å²) in [5.74, 6) is 1.45. The monoisotopic (exact) mass is 143 g/mol. The van der Waals surface area contributed by atoms with Crippen LogP contribution < -0.4 is 10.0 Å². The number of carboxylic acid groups (broad SMARTS) is 1. The van der Waals surface area contributed by atoms with E-state index in [0.29, 0.717) is 0 Å². The van der Waals surface area contributed by atoms with Crippen molar-refractivity contribution >= 4 is 5.97 Å². The molecule has 1 N–H and O–H groups in total. The maximum absolute atomic E-state index is 8.89. The predicted octanol–water partition coefficient (Wildman–Crippen LogP) is -2.48. The number of terminal acetylenes is 1. The number of nitrogens with one attached hydrogen (secondary N) is 1. The Morgan fingerprint density at radius 3 is 2.00 bits per heavy atom. The van der Waals surface area contributed by atoms with E-state index in [-0.39, 0.29) is 0 Å². The SMILES string of the molecule is C#CC[NH+](C)C.CC(=O)[O-]. The Kier molecular flexibility index (Phi) is 9.39. The summed E-state index contributed by atoms with van der Waals surface area (Å²) in [6.07, 6.45) is 4.96. The third-order valence-electron chi connectivity index (χ3n) is 0.456. The summed E-state index contributed by atoms with van der Waals surface area (Å²) in [4.78, 5) is 10.2. The molecule has 0 aliphatic carbocycles. The zero-order valence-corrected chi connectivity index (χ0v) is 6.60. The number of carbonyl (C=O) groups excluding carboxylic acids is 1. The third-order valence-corrected chi connectivity index (χ3v) is 0.456. The van der Waals surface area contributed by atoms with Gasteiger partial charge in [-0.3, -0.25) is 0 Å². The van der Waals surface area contributed by atoms with Crippen molar-refractivity contribution in [2.24, 2.45) is 0 Å². The van der Waals surface area contributed by atoms with Gasteiger partial charge in [0.1, 0.15) is 6.54 Å². The molecule has 0 aromatic heterocycles. The lowest BCUT2D eigenvalue weighted by Crippen LogP contribution is -3.05. The number of carbonyl (C=O) groups is 1. The highest BCUT2D eigenvalue weighted by atomic mass is 16.4. The summed E-state index contributed by atoms with van der Waals surface area (Å²) >= 11 is 0. The van der Waals surface area contributed by atoms with Crippen molar-refractivity contribution in [3.8, 4) is 12.3 Å². The summed E-state index contributed by atoms with van der Waals surface area (Å²) in [6, 6.07) is 0. The van der Waals surface area contributed by atoms with Crippen molar-refractivity contribution in [1.82, 2.24) is 0 Å². The minimum Gasteiger partial charge on any atom is -0.550 e. The van der Waals surface area contributed by atoms with Crippen LogP contribution in [0.2, 0.25) is 0 Å². The van der Waals surface area contributed by atoms with E-state index in [1.54, 1.807) is 0 Å². The molecule has 0 spiro atoms. The van der Waals surface area contributed by atoms with Crippen molar-refractivity contribution < 1.29 is 14.8 Å². The number of rotatable bonds is 1. The van der Waals surface area contributed by atoms with Crippen LogP contribution in [0.4, 0.5) is 0 Å². The molecular weight excluding hydrogens is 130 g/mol. The first-order chi connectivity index (χ1) is 4.50. The highest BCUT2D eigenvalue weighted by molar-refractivity contribution is 5.60. The minimum absolute atomic E-state index is 0.819. The normalized spacial score (nSPS) is 7.50. The highest BCUT2D eigenvalue weighted by Gasteiger charge is 1.79. The number of carboxylic acids is 1. The number of hydrogen-bond acceptors (Lipinski definition) is 2. The quantitative estimate of drug-likeness (QED) is 0.413.